The van der Waals surface area contributed by atoms with Crippen LogP contribution in [-0.4, -0.2) is 15.9 Å². The molecule has 0 bridgehead atoms. The highest BCUT2D eigenvalue weighted by Gasteiger charge is 2.11. The van der Waals surface area contributed by atoms with Gasteiger partial charge in [-0.25, -0.2) is 0 Å². The standard InChI is InChI=1S/C22H17N3O2/c26-21(24-14-15-4-3-11-23-13-15)19-9-10-20(25-22(19)27)18-8-7-16-5-1-2-6-17(16)12-18/h1-13H,14H2,(H,24,26)(H,25,27). The van der Waals surface area contributed by atoms with Crippen molar-refractivity contribution in [2.45, 2.75) is 6.54 Å². The van der Waals surface area contributed by atoms with Crippen molar-refractivity contribution >= 4 is 16.7 Å². The number of fused-ring (bicyclic) bond motifs is 1. The minimum atomic E-state index is -0.413. The first-order valence-electron chi connectivity index (χ1n) is 8.60. The summed E-state index contributed by atoms with van der Waals surface area (Å²) >= 11 is 0. The molecular formula is C22H17N3O2. The van der Waals surface area contributed by atoms with E-state index in [1.54, 1.807) is 30.6 Å². The number of benzene rings is 2. The van der Waals surface area contributed by atoms with Crippen molar-refractivity contribution < 1.29 is 4.79 Å². The van der Waals surface area contributed by atoms with Crippen LogP contribution in [0.3, 0.4) is 0 Å². The van der Waals surface area contributed by atoms with Crippen molar-refractivity contribution in [1.29, 1.82) is 0 Å². The largest absolute Gasteiger partial charge is 0.348 e. The molecule has 2 aromatic heterocycles. The Kier molecular flexibility index (Phi) is 4.49. The molecular weight excluding hydrogens is 338 g/mol. The third kappa shape index (κ3) is 3.62. The normalized spacial score (nSPS) is 10.7. The summed E-state index contributed by atoms with van der Waals surface area (Å²) in [4.78, 5) is 31.5. The lowest BCUT2D eigenvalue weighted by molar-refractivity contribution is 0.0949. The van der Waals surface area contributed by atoms with Gasteiger partial charge >= 0.3 is 0 Å². The molecule has 0 fully saturated rings. The quantitative estimate of drug-likeness (QED) is 0.588. The van der Waals surface area contributed by atoms with E-state index in [-0.39, 0.29) is 5.56 Å². The van der Waals surface area contributed by atoms with E-state index < -0.39 is 11.5 Å². The third-order valence-electron chi connectivity index (χ3n) is 4.39. The zero-order valence-corrected chi connectivity index (χ0v) is 14.5. The fraction of sp³-hybridized carbons (Fsp3) is 0.0455. The predicted octanol–water partition coefficient (Wildman–Crippen LogP) is 3.52. The minimum Gasteiger partial charge on any atom is -0.348 e. The molecule has 0 radical (unpaired) electrons. The molecule has 132 valence electrons. The van der Waals surface area contributed by atoms with Gasteiger partial charge in [0.2, 0.25) is 0 Å². The molecule has 4 rings (SSSR count). The maximum absolute atomic E-state index is 12.4. The number of carbonyl (C=O) groups is 1. The Hall–Kier alpha value is -3.73. The van der Waals surface area contributed by atoms with Gasteiger partial charge in [0.1, 0.15) is 5.56 Å². The molecule has 0 saturated carbocycles. The van der Waals surface area contributed by atoms with E-state index in [9.17, 15) is 9.59 Å². The van der Waals surface area contributed by atoms with Gasteiger partial charge in [-0.2, -0.15) is 0 Å². The molecule has 5 nitrogen and oxygen atoms in total. The second-order valence-corrected chi connectivity index (χ2v) is 6.22. The van der Waals surface area contributed by atoms with Gasteiger partial charge in [-0.3, -0.25) is 14.6 Å². The number of nitrogens with one attached hydrogen (secondary N) is 2. The molecule has 0 spiro atoms. The van der Waals surface area contributed by atoms with Gasteiger partial charge in [0.25, 0.3) is 11.5 Å². The van der Waals surface area contributed by atoms with Gasteiger partial charge in [0.15, 0.2) is 0 Å². The fourth-order valence-electron chi connectivity index (χ4n) is 2.96. The maximum Gasteiger partial charge on any atom is 0.261 e. The average molecular weight is 355 g/mol. The molecule has 0 aliphatic rings. The summed E-state index contributed by atoms with van der Waals surface area (Å²) in [5.41, 5.74) is 2.12. The second kappa shape index (κ2) is 7.25. The molecule has 1 amide bonds. The molecule has 2 aromatic carbocycles. The molecule has 27 heavy (non-hydrogen) atoms. The van der Waals surface area contributed by atoms with Crippen molar-refractivity contribution in [3.63, 3.8) is 0 Å². The van der Waals surface area contributed by atoms with E-state index >= 15 is 0 Å². The topological polar surface area (TPSA) is 74.8 Å². The van der Waals surface area contributed by atoms with Crippen molar-refractivity contribution in [3.8, 4) is 11.3 Å². The minimum absolute atomic E-state index is 0.0865. The molecule has 0 unspecified atom stereocenters. The van der Waals surface area contributed by atoms with Gasteiger partial charge in [-0.05, 0) is 46.2 Å². The number of hydrogen-bond acceptors (Lipinski definition) is 3. The van der Waals surface area contributed by atoms with Crippen molar-refractivity contribution in [1.82, 2.24) is 15.3 Å². The summed E-state index contributed by atoms with van der Waals surface area (Å²) in [5, 5.41) is 4.97. The Bertz CT molecular complexity index is 1170. The number of H-pyrrole nitrogens is 1. The Morgan fingerprint density at radius 3 is 2.59 bits per heavy atom. The zero-order valence-electron chi connectivity index (χ0n) is 14.5. The highest BCUT2D eigenvalue weighted by molar-refractivity contribution is 5.94. The van der Waals surface area contributed by atoms with Crippen LogP contribution in [0.5, 0.6) is 0 Å². The van der Waals surface area contributed by atoms with Gasteiger partial charge in [-0.1, -0.05) is 42.5 Å². The first kappa shape index (κ1) is 16.7. The smallest absolute Gasteiger partial charge is 0.261 e. The number of aromatic amines is 1. The summed E-state index contributed by atoms with van der Waals surface area (Å²) in [6.07, 6.45) is 3.34. The van der Waals surface area contributed by atoms with E-state index in [1.165, 1.54) is 0 Å². The lowest BCUT2D eigenvalue weighted by atomic mass is 10.0. The summed E-state index contributed by atoms with van der Waals surface area (Å²) in [7, 11) is 0. The fourth-order valence-corrected chi connectivity index (χ4v) is 2.96. The molecule has 4 aromatic rings. The maximum atomic E-state index is 12.4. The number of pyridine rings is 2. The highest BCUT2D eigenvalue weighted by Crippen LogP contribution is 2.22. The van der Waals surface area contributed by atoms with E-state index in [0.29, 0.717) is 12.2 Å². The van der Waals surface area contributed by atoms with Gasteiger partial charge < -0.3 is 10.3 Å². The summed E-state index contributed by atoms with van der Waals surface area (Å²) in [6, 6.07) is 21.0. The molecule has 0 aliphatic carbocycles. The van der Waals surface area contributed by atoms with Crippen LogP contribution in [0, 0.1) is 0 Å². The average Bonchev–Trinajstić information content (AvgIpc) is 2.72. The zero-order chi connectivity index (χ0) is 18.6. The lowest BCUT2D eigenvalue weighted by Crippen LogP contribution is -2.29. The van der Waals surface area contributed by atoms with Gasteiger partial charge in [0.05, 0.1) is 0 Å². The number of amides is 1. The molecule has 0 atom stereocenters. The molecule has 5 heteroatoms. The molecule has 0 aliphatic heterocycles. The summed E-state index contributed by atoms with van der Waals surface area (Å²) < 4.78 is 0. The van der Waals surface area contributed by atoms with Crippen LogP contribution >= 0.6 is 0 Å². The van der Waals surface area contributed by atoms with Gasteiger partial charge in [0, 0.05) is 24.6 Å². The van der Waals surface area contributed by atoms with E-state index in [0.717, 1.165) is 21.9 Å². The van der Waals surface area contributed by atoms with Crippen LogP contribution in [0.1, 0.15) is 15.9 Å². The predicted molar refractivity (Wildman–Crippen MR) is 105 cm³/mol. The first-order valence-corrected chi connectivity index (χ1v) is 8.60. The Morgan fingerprint density at radius 2 is 1.81 bits per heavy atom. The highest BCUT2D eigenvalue weighted by atomic mass is 16.2. The van der Waals surface area contributed by atoms with Crippen molar-refractivity contribution in [2.75, 3.05) is 0 Å². The van der Waals surface area contributed by atoms with E-state index in [2.05, 4.69) is 15.3 Å². The summed E-state index contributed by atoms with van der Waals surface area (Å²) in [6.45, 7) is 0.318. The van der Waals surface area contributed by atoms with Crippen LogP contribution in [-0.2, 0) is 6.54 Å². The second-order valence-electron chi connectivity index (χ2n) is 6.22. The number of aromatic nitrogens is 2. The monoisotopic (exact) mass is 355 g/mol. The third-order valence-corrected chi connectivity index (χ3v) is 4.39. The van der Waals surface area contributed by atoms with Crippen LogP contribution in [0.2, 0.25) is 0 Å². The van der Waals surface area contributed by atoms with Crippen molar-refractivity contribution in [3.05, 3.63) is 101 Å². The summed E-state index contributed by atoms with van der Waals surface area (Å²) in [5.74, 6) is -0.412. The molecule has 0 saturated heterocycles. The van der Waals surface area contributed by atoms with Crippen molar-refractivity contribution in [2.24, 2.45) is 0 Å². The van der Waals surface area contributed by atoms with E-state index in [4.69, 9.17) is 0 Å². The number of nitrogens with zero attached hydrogens (tertiary/aromatic N) is 1. The lowest BCUT2D eigenvalue weighted by Gasteiger charge is -2.07. The SMILES string of the molecule is O=C(NCc1cccnc1)c1ccc(-c2ccc3ccccc3c2)[nH]c1=O. The first-order chi connectivity index (χ1) is 13.2. The van der Waals surface area contributed by atoms with Gasteiger partial charge in [-0.15, -0.1) is 0 Å². The van der Waals surface area contributed by atoms with Crippen LogP contribution in [0.25, 0.3) is 22.0 Å². The molecule has 2 N–H and O–H groups in total. The van der Waals surface area contributed by atoms with Crippen LogP contribution < -0.4 is 10.9 Å². The number of rotatable bonds is 4. The Labute approximate surface area is 155 Å². The van der Waals surface area contributed by atoms with Crippen LogP contribution in [0.4, 0.5) is 0 Å². The number of carbonyl (C=O) groups excluding carboxylic acids is 1. The Balaban J connectivity index is 1.56. The van der Waals surface area contributed by atoms with Crippen LogP contribution in [0.15, 0.2) is 83.9 Å². The van der Waals surface area contributed by atoms with E-state index in [1.807, 2.05) is 48.5 Å². The Morgan fingerprint density at radius 1 is 0.963 bits per heavy atom. The molecule has 2 heterocycles. The number of hydrogen-bond donors (Lipinski definition) is 2.